The van der Waals surface area contributed by atoms with Crippen molar-refractivity contribution >= 4 is 12.1 Å². The molecule has 7 nitrogen and oxygen atoms in total. The van der Waals surface area contributed by atoms with Gasteiger partial charge in [0.2, 0.25) is 0 Å². The van der Waals surface area contributed by atoms with Crippen LogP contribution in [0, 0.1) is 0 Å². The Morgan fingerprint density at radius 3 is 1.85 bits per heavy atom. The van der Waals surface area contributed by atoms with Gasteiger partial charge < -0.3 is 24.6 Å². The van der Waals surface area contributed by atoms with Crippen molar-refractivity contribution in [2.45, 2.75) is 13.8 Å². The number of carboxylic acid groups (broad SMARTS) is 2. The van der Waals surface area contributed by atoms with Gasteiger partial charge in [-0.25, -0.2) is 4.79 Å². The number of aliphatic carboxylic acids is 1. The van der Waals surface area contributed by atoms with Crippen molar-refractivity contribution in [1.29, 1.82) is 0 Å². The number of hydrogen-bond acceptors (Lipinski definition) is 5. The topological polar surface area (TPSA) is 96.3 Å². The van der Waals surface area contributed by atoms with Gasteiger partial charge in [0, 0.05) is 41.6 Å². The molecule has 0 fully saturated rings. The van der Waals surface area contributed by atoms with Crippen molar-refractivity contribution in [3.05, 3.63) is 11.1 Å². The summed E-state index contributed by atoms with van der Waals surface area (Å²) in [5, 5.41) is 15.8. The molecule has 20 heavy (non-hydrogen) atoms. The van der Waals surface area contributed by atoms with E-state index in [9.17, 15) is 4.79 Å². The molecule has 0 aliphatic heterocycles. The third kappa shape index (κ3) is 19.4. The number of ether oxygens (including phenoxy) is 2. The number of hydrogen-bond donors (Lipinski definition) is 2. The van der Waals surface area contributed by atoms with E-state index in [0.717, 1.165) is 24.6 Å². The summed E-state index contributed by atoms with van der Waals surface area (Å²) in [7, 11) is 5.47. The maximum Gasteiger partial charge on any atom is 0.506 e. The van der Waals surface area contributed by atoms with Gasteiger partial charge in [-0.3, -0.25) is 4.79 Å². The van der Waals surface area contributed by atoms with Gasteiger partial charge >= 0.3 is 6.16 Å². The van der Waals surface area contributed by atoms with Gasteiger partial charge in [0.1, 0.15) is 6.61 Å². The van der Waals surface area contributed by atoms with Crippen molar-refractivity contribution in [3.8, 4) is 0 Å². The summed E-state index contributed by atoms with van der Waals surface area (Å²) in [6.45, 7) is 4.26. The van der Waals surface area contributed by atoms with Crippen LogP contribution in [0.25, 0.3) is 0 Å². The normalized spacial score (nSPS) is 10.7. The van der Waals surface area contributed by atoms with E-state index in [1.54, 1.807) is 7.11 Å². The van der Waals surface area contributed by atoms with Crippen LogP contribution in [0.15, 0.2) is 11.1 Å². The molecule has 0 amide bonds. The molecule has 0 aromatic heterocycles. The first-order chi connectivity index (χ1) is 8.70. The van der Waals surface area contributed by atoms with Crippen molar-refractivity contribution in [2.24, 2.45) is 0 Å². The van der Waals surface area contributed by atoms with Gasteiger partial charge in [-0.1, -0.05) is 5.57 Å². The summed E-state index contributed by atoms with van der Waals surface area (Å²) in [6, 6.07) is 0. The summed E-state index contributed by atoms with van der Waals surface area (Å²) in [5.74, 6) is -0.833. The summed E-state index contributed by atoms with van der Waals surface area (Å²) >= 11 is 0. The molecule has 0 unspecified atom stereocenters. The van der Waals surface area contributed by atoms with Crippen molar-refractivity contribution < 1.29 is 50.3 Å². The zero-order chi connectivity index (χ0) is 15.4. The van der Waals surface area contributed by atoms with E-state index in [2.05, 4.69) is 4.74 Å². The molecule has 0 spiro atoms. The quantitative estimate of drug-likeness (QED) is 0.455. The Morgan fingerprint density at radius 2 is 1.55 bits per heavy atom. The third-order valence-corrected chi connectivity index (χ3v) is 1.85. The van der Waals surface area contributed by atoms with Crippen LogP contribution >= 0.6 is 0 Å². The molecule has 118 valence electrons. The smallest absolute Gasteiger partial charge is 0.481 e. The van der Waals surface area contributed by atoms with E-state index in [1.807, 2.05) is 25.9 Å². The number of likely N-dealkylation sites (N-methyl/N-ethyl adjacent to an activating group) is 1. The molecule has 2 N–H and O–H groups in total. The number of methoxy groups -OCH3 is 1. The van der Waals surface area contributed by atoms with Crippen molar-refractivity contribution in [2.75, 3.05) is 41.0 Å². The predicted octanol–water partition coefficient (Wildman–Crippen LogP) is 1.29. The minimum Gasteiger partial charge on any atom is -0.481 e. The minimum absolute atomic E-state index is 0. The molecule has 0 saturated heterocycles. The Hall–Kier alpha value is -0.912. The fraction of sp³-hybridized carbons (Fsp3) is 0.667. The monoisotopic (exact) mass is 461 g/mol. The fourth-order valence-corrected chi connectivity index (χ4v) is 1.20. The molecule has 0 aromatic rings. The number of nitrogens with zero attached hydrogens (tertiary/aromatic N) is 1. The molecule has 0 saturated carbocycles. The molecule has 0 aliphatic rings. The Balaban J connectivity index is -0.000000508. The first kappa shape index (κ1) is 24.1. The van der Waals surface area contributed by atoms with Crippen LogP contribution in [-0.4, -0.2) is 68.2 Å². The average Bonchev–Trinajstić information content (AvgIpc) is 2.21. The molecule has 0 heterocycles. The summed E-state index contributed by atoms with van der Waals surface area (Å²) < 4.78 is 9.51. The van der Waals surface area contributed by atoms with Crippen LogP contribution in [0.3, 0.4) is 0 Å². The van der Waals surface area contributed by atoms with Crippen LogP contribution in [0.1, 0.15) is 13.8 Å². The Bertz CT molecular complexity index is 313. The van der Waals surface area contributed by atoms with E-state index < -0.39 is 12.1 Å². The van der Waals surface area contributed by atoms with Crippen molar-refractivity contribution in [1.82, 2.24) is 4.90 Å². The van der Waals surface area contributed by atoms with E-state index in [1.165, 1.54) is 0 Å². The molecule has 0 radical (unpaired) electrons. The van der Waals surface area contributed by atoms with Gasteiger partial charge in [0.25, 0.3) is 5.97 Å². The van der Waals surface area contributed by atoms with E-state index in [0.29, 0.717) is 6.61 Å². The summed E-state index contributed by atoms with van der Waals surface area (Å²) in [6.07, 6.45) is -1.26. The van der Waals surface area contributed by atoms with Gasteiger partial charge in [-0.2, -0.15) is 0 Å². The number of carboxylic acids is 1. The molecule has 0 bridgehead atoms. The maximum atomic E-state index is 10.3. The number of rotatable bonds is 6. The zero-order valence-corrected chi connectivity index (χ0v) is 15.4. The fourth-order valence-electron chi connectivity index (χ4n) is 1.20. The predicted molar refractivity (Wildman–Crippen MR) is 70.4 cm³/mol. The van der Waals surface area contributed by atoms with Crippen LogP contribution < -0.4 is 0 Å². The summed E-state index contributed by atoms with van der Waals surface area (Å²) in [5.41, 5.74) is 1.94. The van der Waals surface area contributed by atoms with Crippen LogP contribution in [0.4, 0.5) is 4.79 Å². The van der Waals surface area contributed by atoms with Crippen LogP contribution in [-0.2, 0) is 35.3 Å². The first-order valence-electron chi connectivity index (χ1n) is 5.57. The molecular formula is C12H23NO6W. The van der Waals surface area contributed by atoms with E-state index >= 15 is 0 Å². The van der Waals surface area contributed by atoms with E-state index in [-0.39, 0.29) is 27.7 Å². The molecule has 0 atom stereocenters. The Kier molecular flexibility index (Phi) is 17.5. The Labute approximate surface area is 133 Å². The number of carbonyl (C=O) groups is 2. The second-order valence-corrected chi connectivity index (χ2v) is 4.13. The van der Waals surface area contributed by atoms with Crippen LogP contribution in [0.5, 0.6) is 0 Å². The maximum absolute atomic E-state index is 10.3. The zero-order valence-electron chi connectivity index (χ0n) is 12.5. The van der Waals surface area contributed by atoms with Gasteiger partial charge in [-0.15, -0.1) is 0 Å². The second-order valence-electron chi connectivity index (χ2n) is 4.13. The largest absolute Gasteiger partial charge is 0.506 e. The van der Waals surface area contributed by atoms with Crippen LogP contribution in [0.2, 0.25) is 0 Å². The summed E-state index contributed by atoms with van der Waals surface area (Å²) in [4.78, 5) is 21.3. The average molecular weight is 461 g/mol. The molecular weight excluding hydrogens is 438 g/mol. The van der Waals surface area contributed by atoms with Crippen molar-refractivity contribution in [3.63, 3.8) is 0 Å². The minimum atomic E-state index is -1.26. The Morgan fingerprint density at radius 1 is 1.10 bits per heavy atom. The van der Waals surface area contributed by atoms with Gasteiger partial charge in [0.05, 0.1) is 6.61 Å². The SMILES string of the molecule is CC(=O)O.COCC(COC(=O)O)=C(C)CN(C)C.[W]. The van der Waals surface area contributed by atoms with Gasteiger partial charge in [-0.05, 0) is 26.6 Å². The van der Waals surface area contributed by atoms with E-state index in [4.69, 9.17) is 19.7 Å². The molecule has 0 aliphatic carbocycles. The molecule has 0 rings (SSSR count). The van der Waals surface area contributed by atoms with Gasteiger partial charge in [0.15, 0.2) is 0 Å². The standard InChI is InChI=1S/C10H19NO4.C2H4O2.W/c1-8(5-11(2)3)9(6-14-4)7-15-10(12)13;1-2(3)4;/h5-7H2,1-4H3,(H,12,13);1H3,(H,3,4);. The third-order valence-electron chi connectivity index (χ3n) is 1.85. The molecule has 8 heteroatoms. The molecule has 0 aromatic carbocycles. The first-order valence-corrected chi connectivity index (χ1v) is 5.57. The second kappa shape index (κ2) is 14.5.